The van der Waals surface area contributed by atoms with E-state index in [2.05, 4.69) is 13.2 Å². The van der Waals surface area contributed by atoms with Crippen LogP contribution in [0.3, 0.4) is 0 Å². The van der Waals surface area contributed by atoms with E-state index in [4.69, 9.17) is 4.74 Å². The summed E-state index contributed by atoms with van der Waals surface area (Å²) in [5, 5.41) is 9.24. The largest absolute Gasteiger partial charge is 0.505 e. The van der Waals surface area contributed by atoms with Crippen LogP contribution < -0.4 is 4.74 Å². The Morgan fingerprint density at radius 2 is 2.05 bits per heavy atom. The first-order valence-corrected chi connectivity index (χ1v) is 6.00. The first-order chi connectivity index (χ1) is 9.36. The lowest BCUT2D eigenvalue weighted by molar-refractivity contribution is 0.342. The predicted molar refractivity (Wildman–Crippen MR) is 69.1 cm³/mol. The number of rotatable bonds is 2. The summed E-state index contributed by atoms with van der Waals surface area (Å²) in [6.45, 7) is 8.89. The lowest BCUT2D eigenvalue weighted by Crippen LogP contribution is -2.14. The number of halogens is 3. The Morgan fingerprint density at radius 3 is 2.65 bits per heavy atom. The van der Waals surface area contributed by atoms with Gasteiger partial charge in [0.15, 0.2) is 23.1 Å². The quantitative estimate of drug-likeness (QED) is 0.876. The Morgan fingerprint density at radius 1 is 1.40 bits per heavy atom. The van der Waals surface area contributed by atoms with E-state index in [1.807, 2.05) is 0 Å². The molecule has 0 radical (unpaired) electrons. The molecule has 106 valence electrons. The lowest BCUT2D eigenvalue weighted by atomic mass is 9.98. The van der Waals surface area contributed by atoms with Crippen LogP contribution in [-0.4, -0.2) is 5.11 Å². The summed E-state index contributed by atoms with van der Waals surface area (Å²) in [6, 6.07) is 1.04. The molecule has 0 fully saturated rings. The minimum Gasteiger partial charge on any atom is -0.505 e. The second-order valence-electron chi connectivity index (χ2n) is 4.49. The standard InChI is InChI=1S/C15H13F3O2/c1-4-7(2)11(16)14-8(3)5-9-6-10(19)12(17)13(18)15(9)20-14/h6,19H,2-5H2,1H3/b14-11-. The fraction of sp³-hybridized carbons (Fsp3) is 0.200. The number of hydrogen-bond donors (Lipinski definition) is 1. The summed E-state index contributed by atoms with van der Waals surface area (Å²) < 4.78 is 46.2. The van der Waals surface area contributed by atoms with Crippen LogP contribution in [0.5, 0.6) is 11.5 Å². The van der Waals surface area contributed by atoms with Crippen LogP contribution >= 0.6 is 0 Å². The molecule has 1 aromatic carbocycles. The highest BCUT2D eigenvalue weighted by atomic mass is 19.2. The van der Waals surface area contributed by atoms with Gasteiger partial charge < -0.3 is 9.84 Å². The van der Waals surface area contributed by atoms with Crippen LogP contribution in [0.4, 0.5) is 13.2 Å². The first-order valence-electron chi connectivity index (χ1n) is 6.00. The monoisotopic (exact) mass is 282 g/mol. The Labute approximate surface area is 114 Å². The molecule has 0 saturated carbocycles. The second-order valence-corrected chi connectivity index (χ2v) is 4.49. The van der Waals surface area contributed by atoms with Gasteiger partial charge in [0, 0.05) is 12.0 Å². The van der Waals surface area contributed by atoms with Gasteiger partial charge in [-0.15, -0.1) is 0 Å². The van der Waals surface area contributed by atoms with E-state index in [9.17, 15) is 18.3 Å². The molecule has 2 rings (SSSR count). The molecule has 1 N–H and O–H groups in total. The van der Waals surface area contributed by atoms with Gasteiger partial charge in [-0.2, -0.15) is 8.78 Å². The Balaban J connectivity index is 2.56. The smallest absolute Gasteiger partial charge is 0.205 e. The molecule has 1 heterocycles. The fourth-order valence-electron chi connectivity index (χ4n) is 1.89. The molecule has 1 aliphatic rings. The van der Waals surface area contributed by atoms with E-state index in [-0.39, 0.29) is 28.9 Å². The zero-order valence-electron chi connectivity index (χ0n) is 10.9. The molecule has 0 bridgehead atoms. The van der Waals surface area contributed by atoms with Crippen molar-refractivity contribution in [3.8, 4) is 11.5 Å². The molecule has 5 heteroatoms. The highest BCUT2D eigenvalue weighted by Gasteiger charge is 2.28. The van der Waals surface area contributed by atoms with Crippen molar-refractivity contribution in [1.29, 1.82) is 0 Å². The normalized spacial score (nSPS) is 16.5. The zero-order chi connectivity index (χ0) is 15.0. The molecule has 0 aliphatic carbocycles. The highest BCUT2D eigenvalue weighted by Crippen LogP contribution is 2.40. The van der Waals surface area contributed by atoms with Gasteiger partial charge >= 0.3 is 0 Å². The number of hydrogen-bond acceptors (Lipinski definition) is 2. The van der Waals surface area contributed by atoms with Crippen molar-refractivity contribution in [2.75, 3.05) is 0 Å². The van der Waals surface area contributed by atoms with Crippen LogP contribution in [0.2, 0.25) is 0 Å². The molecular formula is C15H13F3O2. The van der Waals surface area contributed by atoms with Gasteiger partial charge in [-0.05, 0) is 23.6 Å². The maximum atomic E-state index is 14.1. The summed E-state index contributed by atoms with van der Waals surface area (Å²) in [5.41, 5.74) is 0.671. The predicted octanol–water partition coefficient (Wildman–Crippen LogP) is 4.31. The number of allylic oxidation sites excluding steroid dienone is 3. The number of aromatic hydroxyl groups is 1. The van der Waals surface area contributed by atoms with E-state index in [0.717, 1.165) is 6.07 Å². The maximum absolute atomic E-state index is 14.1. The third-order valence-corrected chi connectivity index (χ3v) is 3.09. The molecular weight excluding hydrogens is 269 g/mol. The first kappa shape index (κ1) is 14.2. The maximum Gasteiger partial charge on any atom is 0.205 e. The van der Waals surface area contributed by atoms with Crippen LogP contribution in [0.15, 0.2) is 42.0 Å². The van der Waals surface area contributed by atoms with Crippen LogP contribution in [-0.2, 0) is 6.42 Å². The molecule has 0 amide bonds. The van der Waals surface area contributed by atoms with Crippen molar-refractivity contribution in [1.82, 2.24) is 0 Å². The average molecular weight is 282 g/mol. The number of ether oxygens (including phenoxy) is 1. The Bertz CT molecular complexity index is 645. The lowest BCUT2D eigenvalue weighted by Gasteiger charge is -2.23. The van der Waals surface area contributed by atoms with E-state index in [1.165, 1.54) is 0 Å². The SMILES string of the molecule is C=C(CC)/C(F)=C1/Oc2c(cc(O)c(F)c2F)CC1=C. The van der Waals surface area contributed by atoms with Crippen molar-refractivity contribution in [2.45, 2.75) is 19.8 Å². The molecule has 0 spiro atoms. The van der Waals surface area contributed by atoms with Gasteiger partial charge in [0.05, 0.1) is 0 Å². The van der Waals surface area contributed by atoms with Crippen LogP contribution in [0, 0.1) is 11.6 Å². The summed E-state index contributed by atoms with van der Waals surface area (Å²) >= 11 is 0. The summed E-state index contributed by atoms with van der Waals surface area (Å²) in [6.07, 6.45) is 0.408. The number of fused-ring (bicyclic) bond motifs is 1. The van der Waals surface area contributed by atoms with Gasteiger partial charge in [-0.25, -0.2) is 4.39 Å². The van der Waals surface area contributed by atoms with Crippen molar-refractivity contribution >= 4 is 0 Å². The Kier molecular flexibility index (Phi) is 3.61. The zero-order valence-corrected chi connectivity index (χ0v) is 10.9. The third kappa shape index (κ3) is 2.19. The summed E-state index contributed by atoms with van der Waals surface area (Å²) in [4.78, 5) is 0. The number of phenolic OH excluding ortho intramolecular Hbond substituents is 1. The average Bonchev–Trinajstić information content (AvgIpc) is 2.43. The van der Waals surface area contributed by atoms with Crippen molar-refractivity contribution < 1.29 is 23.0 Å². The minimum atomic E-state index is -1.43. The van der Waals surface area contributed by atoms with Crippen molar-refractivity contribution in [3.05, 3.63) is 59.2 Å². The number of phenols is 1. The van der Waals surface area contributed by atoms with Gasteiger partial charge in [-0.3, -0.25) is 0 Å². The van der Waals surface area contributed by atoms with Gasteiger partial charge in [0.2, 0.25) is 11.6 Å². The van der Waals surface area contributed by atoms with E-state index in [1.54, 1.807) is 6.92 Å². The van der Waals surface area contributed by atoms with E-state index >= 15 is 0 Å². The second kappa shape index (κ2) is 5.07. The topological polar surface area (TPSA) is 29.5 Å². The fourth-order valence-corrected chi connectivity index (χ4v) is 1.89. The molecule has 0 unspecified atom stereocenters. The van der Waals surface area contributed by atoms with E-state index in [0.29, 0.717) is 6.42 Å². The minimum absolute atomic E-state index is 0.0554. The third-order valence-electron chi connectivity index (χ3n) is 3.09. The van der Waals surface area contributed by atoms with Gasteiger partial charge in [-0.1, -0.05) is 20.1 Å². The van der Waals surface area contributed by atoms with Gasteiger partial charge in [0.1, 0.15) is 0 Å². The highest BCUT2D eigenvalue weighted by molar-refractivity contribution is 5.52. The van der Waals surface area contributed by atoms with Crippen LogP contribution in [0.1, 0.15) is 18.9 Å². The molecule has 1 aromatic rings. The van der Waals surface area contributed by atoms with Gasteiger partial charge in [0.25, 0.3) is 0 Å². The molecule has 0 saturated heterocycles. The van der Waals surface area contributed by atoms with Crippen molar-refractivity contribution in [3.63, 3.8) is 0 Å². The molecule has 20 heavy (non-hydrogen) atoms. The summed E-state index contributed by atoms with van der Waals surface area (Å²) in [7, 11) is 0. The van der Waals surface area contributed by atoms with E-state index < -0.39 is 29.0 Å². The Hall–Kier alpha value is -2.17. The molecule has 0 aromatic heterocycles. The molecule has 0 atom stereocenters. The summed E-state index contributed by atoms with van der Waals surface area (Å²) in [5.74, 6) is -4.99. The van der Waals surface area contributed by atoms with Crippen LogP contribution in [0.25, 0.3) is 0 Å². The number of benzene rings is 1. The van der Waals surface area contributed by atoms with Crippen molar-refractivity contribution in [2.24, 2.45) is 0 Å². The molecule has 1 aliphatic heterocycles. The molecule has 2 nitrogen and oxygen atoms in total.